The van der Waals surface area contributed by atoms with E-state index < -0.39 is 0 Å². The third-order valence-corrected chi connectivity index (χ3v) is 4.49. The fourth-order valence-electron chi connectivity index (χ4n) is 2.94. The van der Waals surface area contributed by atoms with Gasteiger partial charge in [0, 0.05) is 10.5 Å². The standard InChI is InChI=1S/C15H23BrN2/c1-2-10-18-11-6-5-9-14(17)15(18)12-7-3-4-8-13(12)16/h3-4,7-8,14-15H,2,5-6,9-11,17H2,1H3. The van der Waals surface area contributed by atoms with Gasteiger partial charge in [-0.3, -0.25) is 4.90 Å². The molecule has 1 aromatic rings. The van der Waals surface area contributed by atoms with Gasteiger partial charge in [-0.15, -0.1) is 0 Å². The van der Waals surface area contributed by atoms with Crippen molar-refractivity contribution in [2.24, 2.45) is 5.73 Å². The molecule has 100 valence electrons. The predicted octanol–water partition coefficient (Wildman–Crippen LogP) is 3.71. The van der Waals surface area contributed by atoms with E-state index >= 15 is 0 Å². The van der Waals surface area contributed by atoms with Crippen molar-refractivity contribution in [1.82, 2.24) is 4.90 Å². The molecule has 2 rings (SSSR count). The van der Waals surface area contributed by atoms with E-state index in [1.165, 1.54) is 35.8 Å². The van der Waals surface area contributed by atoms with Gasteiger partial charge in [0.2, 0.25) is 0 Å². The molecule has 1 aromatic carbocycles. The monoisotopic (exact) mass is 310 g/mol. The van der Waals surface area contributed by atoms with Crippen molar-refractivity contribution in [3.8, 4) is 0 Å². The Morgan fingerprint density at radius 3 is 2.83 bits per heavy atom. The number of rotatable bonds is 3. The van der Waals surface area contributed by atoms with Crippen molar-refractivity contribution in [1.29, 1.82) is 0 Å². The van der Waals surface area contributed by atoms with Crippen LogP contribution < -0.4 is 5.73 Å². The van der Waals surface area contributed by atoms with Crippen LogP contribution in [0, 0.1) is 0 Å². The number of benzene rings is 1. The van der Waals surface area contributed by atoms with Crippen LogP contribution in [0.2, 0.25) is 0 Å². The molecule has 1 aliphatic heterocycles. The molecule has 2 unspecified atom stereocenters. The van der Waals surface area contributed by atoms with Crippen molar-refractivity contribution in [3.63, 3.8) is 0 Å². The van der Waals surface area contributed by atoms with Crippen LogP contribution in [0.15, 0.2) is 28.7 Å². The topological polar surface area (TPSA) is 29.3 Å². The zero-order chi connectivity index (χ0) is 13.0. The predicted molar refractivity (Wildman–Crippen MR) is 80.6 cm³/mol. The molecule has 2 N–H and O–H groups in total. The van der Waals surface area contributed by atoms with Crippen LogP contribution in [-0.2, 0) is 0 Å². The Bertz CT molecular complexity index is 381. The van der Waals surface area contributed by atoms with Gasteiger partial charge in [0.25, 0.3) is 0 Å². The number of halogens is 1. The fourth-order valence-corrected chi connectivity index (χ4v) is 3.46. The van der Waals surface area contributed by atoms with Crippen molar-refractivity contribution >= 4 is 15.9 Å². The van der Waals surface area contributed by atoms with E-state index in [2.05, 4.69) is 52.0 Å². The molecule has 0 saturated carbocycles. The number of likely N-dealkylation sites (tertiary alicyclic amines) is 1. The lowest BCUT2D eigenvalue weighted by atomic mass is 9.96. The second kappa shape index (κ2) is 6.69. The summed E-state index contributed by atoms with van der Waals surface area (Å²) in [6, 6.07) is 9.13. The van der Waals surface area contributed by atoms with E-state index in [-0.39, 0.29) is 6.04 Å². The molecule has 2 nitrogen and oxygen atoms in total. The first-order valence-corrected chi connectivity index (χ1v) is 7.77. The first-order chi connectivity index (χ1) is 8.74. The van der Waals surface area contributed by atoms with Gasteiger partial charge in [-0.1, -0.05) is 47.5 Å². The molecule has 0 aliphatic carbocycles. The fraction of sp³-hybridized carbons (Fsp3) is 0.600. The molecule has 1 aliphatic rings. The van der Waals surface area contributed by atoms with Crippen LogP contribution in [0.25, 0.3) is 0 Å². The molecule has 0 aromatic heterocycles. The third kappa shape index (κ3) is 3.14. The highest BCUT2D eigenvalue weighted by molar-refractivity contribution is 9.10. The highest BCUT2D eigenvalue weighted by atomic mass is 79.9. The van der Waals surface area contributed by atoms with Gasteiger partial charge in [0.1, 0.15) is 0 Å². The third-order valence-electron chi connectivity index (χ3n) is 3.77. The first kappa shape index (κ1) is 14.0. The SMILES string of the molecule is CCCN1CCCCC(N)C1c1ccccc1Br. The Kier molecular flexibility index (Phi) is 5.22. The van der Waals surface area contributed by atoms with Gasteiger partial charge in [-0.25, -0.2) is 0 Å². The van der Waals surface area contributed by atoms with Gasteiger partial charge < -0.3 is 5.73 Å². The minimum absolute atomic E-state index is 0.248. The Morgan fingerprint density at radius 1 is 1.33 bits per heavy atom. The summed E-state index contributed by atoms with van der Waals surface area (Å²) < 4.78 is 1.19. The molecule has 0 bridgehead atoms. The van der Waals surface area contributed by atoms with Crippen LogP contribution >= 0.6 is 15.9 Å². The first-order valence-electron chi connectivity index (χ1n) is 6.98. The average Bonchev–Trinajstić information content (AvgIpc) is 2.53. The number of nitrogens with zero attached hydrogens (tertiary/aromatic N) is 1. The summed E-state index contributed by atoms with van der Waals surface area (Å²) >= 11 is 3.68. The lowest BCUT2D eigenvalue weighted by Crippen LogP contribution is -2.40. The molecule has 18 heavy (non-hydrogen) atoms. The van der Waals surface area contributed by atoms with Gasteiger partial charge >= 0.3 is 0 Å². The Balaban J connectivity index is 2.31. The van der Waals surface area contributed by atoms with Gasteiger partial charge in [-0.2, -0.15) is 0 Å². The summed E-state index contributed by atoms with van der Waals surface area (Å²) in [6.45, 7) is 4.56. The van der Waals surface area contributed by atoms with Gasteiger partial charge in [0.05, 0.1) is 6.04 Å². The van der Waals surface area contributed by atoms with Crippen LogP contribution in [0.4, 0.5) is 0 Å². The van der Waals surface area contributed by atoms with Gasteiger partial charge in [-0.05, 0) is 44.0 Å². The molecule has 1 saturated heterocycles. The van der Waals surface area contributed by atoms with E-state index in [9.17, 15) is 0 Å². The number of hydrogen-bond acceptors (Lipinski definition) is 2. The number of nitrogens with two attached hydrogens (primary N) is 1. The smallest absolute Gasteiger partial charge is 0.0510 e. The molecule has 0 radical (unpaired) electrons. The molecule has 1 heterocycles. The quantitative estimate of drug-likeness (QED) is 0.922. The van der Waals surface area contributed by atoms with Crippen molar-refractivity contribution in [2.75, 3.05) is 13.1 Å². The van der Waals surface area contributed by atoms with E-state index in [1.807, 2.05) is 0 Å². The summed E-state index contributed by atoms with van der Waals surface area (Å²) in [6.07, 6.45) is 4.84. The number of hydrogen-bond donors (Lipinski definition) is 1. The summed E-state index contributed by atoms with van der Waals surface area (Å²) in [5.41, 5.74) is 7.79. The molecule has 3 heteroatoms. The lowest BCUT2D eigenvalue weighted by molar-refractivity contribution is 0.185. The van der Waals surface area contributed by atoms with E-state index in [0.29, 0.717) is 6.04 Å². The second-order valence-corrected chi connectivity index (χ2v) is 6.02. The van der Waals surface area contributed by atoms with Crippen LogP contribution in [0.1, 0.15) is 44.2 Å². The Morgan fingerprint density at radius 2 is 2.11 bits per heavy atom. The van der Waals surface area contributed by atoms with Crippen molar-refractivity contribution < 1.29 is 0 Å². The molecule has 0 spiro atoms. The largest absolute Gasteiger partial charge is 0.326 e. The molecular weight excluding hydrogens is 288 g/mol. The van der Waals surface area contributed by atoms with Crippen LogP contribution in [0.3, 0.4) is 0 Å². The van der Waals surface area contributed by atoms with Crippen LogP contribution in [-0.4, -0.2) is 24.0 Å². The lowest BCUT2D eigenvalue weighted by Gasteiger charge is -2.34. The summed E-state index contributed by atoms with van der Waals surface area (Å²) in [5.74, 6) is 0. The molecule has 0 amide bonds. The Hall–Kier alpha value is -0.380. The normalized spacial score (nSPS) is 25.9. The van der Waals surface area contributed by atoms with Crippen molar-refractivity contribution in [2.45, 2.75) is 44.7 Å². The minimum atomic E-state index is 0.248. The zero-order valence-electron chi connectivity index (χ0n) is 11.1. The molecule has 1 fully saturated rings. The van der Waals surface area contributed by atoms with E-state index in [0.717, 1.165) is 13.0 Å². The molecular formula is C15H23BrN2. The van der Waals surface area contributed by atoms with Gasteiger partial charge in [0.15, 0.2) is 0 Å². The summed E-state index contributed by atoms with van der Waals surface area (Å²) in [7, 11) is 0. The molecule has 2 atom stereocenters. The highest BCUT2D eigenvalue weighted by Gasteiger charge is 2.29. The van der Waals surface area contributed by atoms with Crippen molar-refractivity contribution in [3.05, 3.63) is 34.3 Å². The Labute approximate surface area is 119 Å². The van der Waals surface area contributed by atoms with E-state index in [4.69, 9.17) is 5.73 Å². The summed E-state index contributed by atoms with van der Waals surface area (Å²) in [4.78, 5) is 2.57. The van der Waals surface area contributed by atoms with E-state index in [1.54, 1.807) is 0 Å². The summed E-state index contributed by atoms with van der Waals surface area (Å²) in [5, 5.41) is 0. The average molecular weight is 311 g/mol. The maximum atomic E-state index is 6.44. The van der Waals surface area contributed by atoms with Crippen LogP contribution in [0.5, 0.6) is 0 Å². The minimum Gasteiger partial charge on any atom is -0.326 e. The highest BCUT2D eigenvalue weighted by Crippen LogP contribution is 2.33. The maximum Gasteiger partial charge on any atom is 0.0510 e. The zero-order valence-corrected chi connectivity index (χ0v) is 12.7. The maximum absolute atomic E-state index is 6.44. The second-order valence-electron chi connectivity index (χ2n) is 5.16.